The molecular weight excluding hydrogens is 308 g/mol. The van der Waals surface area contributed by atoms with Crippen LogP contribution in [0.2, 0.25) is 0 Å². The molecule has 0 fully saturated rings. The average Bonchev–Trinajstić information content (AvgIpc) is 2.54. The molecular formula is C19H18O5. The molecule has 24 heavy (non-hydrogen) atoms. The van der Waals surface area contributed by atoms with Crippen LogP contribution in [0.1, 0.15) is 24.2 Å². The molecule has 2 N–H and O–H groups in total. The van der Waals surface area contributed by atoms with Crippen molar-refractivity contribution in [3.05, 3.63) is 60.7 Å². The summed E-state index contributed by atoms with van der Waals surface area (Å²) in [6.45, 7) is 6.05. The normalized spacial score (nSPS) is 11.0. The fraction of sp³-hybridized carbons (Fsp3) is 0.158. The molecule has 5 nitrogen and oxygen atoms in total. The summed E-state index contributed by atoms with van der Waals surface area (Å²) in [6, 6.07) is 11.2. The number of hydrogen-bond donors (Lipinski definition) is 2. The van der Waals surface area contributed by atoms with Crippen LogP contribution in [0.25, 0.3) is 11.1 Å². The fourth-order valence-electron chi connectivity index (χ4n) is 2.15. The van der Waals surface area contributed by atoms with Crippen molar-refractivity contribution in [2.24, 2.45) is 0 Å². The summed E-state index contributed by atoms with van der Waals surface area (Å²) in [5, 5.41) is 20.3. The number of Topliss-reactive ketones (excluding diaryl/α,β-unsaturated/α-hetero) is 1. The minimum absolute atomic E-state index is 0.0437. The molecule has 5 heteroatoms. The first kappa shape index (κ1) is 17.4. The van der Waals surface area contributed by atoms with E-state index in [0.717, 1.165) is 6.08 Å². The summed E-state index contributed by atoms with van der Waals surface area (Å²) in [7, 11) is 0. The number of ketones is 1. The van der Waals surface area contributed by atoms with E-state index in [-0.39, 0.29) is 11.3 Å². The lowest BCUT2D eigenvalue weighted by Gasteiger charge is -2.17. The number of para-hydroxylation sites is 1. The maximum atomic E-state index is 12.2. The van der Waals surface area contributed by atoms with E-state index in [0.29, 0.717) is 16.9 Å². The standard InChI is InChI=1S/C19H18O5/c1-4-16(20)24-13-10-8-12(9-11-13)14-6-5-7-15(17(14)21)18(22)19(2,3)23/h4-11,21,23H,1H2,2-3H3. The molecule has 0 heterocycles. The van der Waals surface area contributed by atoms with E-state index in [2.05, 4.69) is 6.58 Å². The maximum Gasteiger partial charge on any atom is 0.335 e. The Kier molecular flexibility index (Phi) is 4.85. The van der Waals surface area contributed by atoms with Gasteiger partial charge in [0.15, 0.2) is 5.78 Å². The second-order valence-corrected chi connectivity index (χ2v) is 5.74. The first-order valence-electron chi connectivity index (χ1n) is 7.28. The predicted molar refractivity (Wildman–Crippen MR) is 90.0 cm³/mol. The van der Waals surface area contributed by atoms with Crippen molar-refractivity contribution >= 4 is 11.8 Å². The van der Waals surface area contributed by atoms with Crippen LogP contribution in [-0.2, 0) is 4.79 Å². The molecule has 0 saturated carbocycles. The molecule has 2 aromatic rings. The van der Waals surface area contributed by atoms with Gasteiger partial charge in [0.1, 0.15) is 17.1 Å². The number of carbonyl (C=O) groups excluding carboxylic acids is 2. The number of carbonyl (C=O) groups is 2. The van der Waals surface area contributed by atoms with Gasteiger partial charge >= 0.3 is 5.97 Å². The van der Waals surface area contributed by atoms with Gasteiger partial charge in [-0.05, 0) is 37.6 Å². The molecule has 0 aliphatic heterocycles. The van der Waals surface area contributed by atoms with E-state index in [4.69, 9.17) is 4.74 Å². The van der Waals surface area contributed by atoms with Crippen LogP contribution in [0.5, 0.6) is 11.5 Å². The summed E-state index contributed by atoms with van der Waals surface area (Å²) >= 11 is 0. The zero-order valence-corrected chi connectivity index (χ0v) is 13.4. The molecule has 0 unspecified atom stereocenters. The highest BCUT2D eigenvalue weighted by atomic mass is 16.5. The van der Waals surface area contributed by atoms with Crippen molar-refractivity contribution in [2.75, 3.05) is 0 Å². The zero-order valence-electron chi connectivity index (χ0n) is 13.4. The Labute approximate surface area is 139 Å². The molecule has 0 amide bonds. The number of benzene rings is 2. The third-order valence-electron chi connectivity index (χ3n) is 3.39. The summed E-state index contributed by atoms with van der Waals surface area (Å²) in [6.07, 6.45) is 1.06. The van der Waals surface area contributed by atoms with E-state index >= 15 is 0 Å². The van der Waals surface area contributed by atoms with Gasteiger partial charge in [0.25, 0.3) is 0 Å². The van der Waals surface area contributed by atoms with E-state index < -0.39 is 17.4 Å². The Morgan fingerprint density at radius 1 is 1.12 bits per heavy atom. The zero-order chi connectivity index (χ0) is 17.9. The van der Waals surface area contributed by atoms with Crippen molar-refractivity contribution in [3.63, 3.8) is 0 Å². The highest BCUT2D eigenvalue weighted by molar-refractivity contribution is 6.05. The van der Waals surface area contributed by atoms with Gasteiger partial charge < -0.3 is 14.9 Å². The van der Waals surface area contributed by atoms with Gasteiger partial charge in [-0.25, -0.2) is 4.79 Å². The van der Waals surface area contributed by atoms with Crippen LogP contribution in [0.3, 0.4) is 0 Å². The number of aromatic hydroxyl groups is 1. The molecule has 0 bridgehead atoms. The number of esters is 1. The summed E-state index contributed by atoms with van der Waals surface area (Å²) in [4.78, 5) is 23.4. The number of phenolic OH excluding ortho intramolecular Hbond substituents is 1. The number of phenols is 1. The first-order valence-corrected chi connectivity index (χ1v) is 7.28. The largest absolute Gasteiger partial charge is 0.507 e. The highest BCUT2D eigenvalue weighted by Gasteiger charge is 2.28. The Hall–Kier alpha value is -2.92. The number of rotatable bonds is 5. The van der Waals surface area contributed by atoms with Crippen LogP contribution in [0.4, 0.5) is 0 Å². The van der Waals surface area contributed by atoms with Crippen LogP contribution < -0.4 is 4.74 Å². The lowest BCUT2D eigenvalue weighted by atomic mass is 9.93. The predicted octanol–water partition coefficient (Wildman–Crippen LogP) is 3.10. The Bertz CT molecular complexity index is 782. The quantitative estimate of drug-likeness (QED) is 0.382. The van der Waals surface area contributed by atoms with Gasteiger partial charge in [0.05, 0.1) is 5.56 Å². The van der Waals surface area contributed by atoms with Crippen molar-refractivity contribution in [1.82, 2.24) is 0 Å². The number of hydrogen-bond acceptors (Lipinski definition) is 5. The molecule has 2 rings (SSSR count). The van der Waals surface area contributed by atoms with Gasteiger partial charge in [0, 0.05) is 11.6 Å². The summed E-state index contributed by atoms with van der Waals surface area (Å²) in [5.74, 6) is -1.01. The van der Waals surface area contributed by atoms with Gasteiger partial charge in [0.2, 0.25) is 0 Å². The number of aliphatic hydroxyl groups is 1. The Morgan fingerprint density at radius 2 is 1.75 bits per heavy atom. The average molecular weight is 326 g/mol. The Balaban J connectivity index is 2.38. The minimum atomic E-state index is -1.58. The molecule has 0 saturated heterocycles. The SMILES string of the molecule is C=CC(=O)Oc1ccc(-c2cccc(C(=O)C(C)(C)O)c2O)cc1. The van der Waals surface area contributed by atoms with Crippen molar-refractivity contribution in [3.8, 4) is 22.6 Å². The van der Waals surface area contributed by atoms with E-state index in [9.17, 15) is 19.8 Å². The lowest BCUT2D eigenvalue weighted by Crippen LogP contribution is -2.31. The molecule has 2 aromatic carbocycles. The van der Waals surface area contributed by atoms with Gasteiger partial charge in [-0.3, -0.25) is 4.79 Å². The third-order valence-corrected chi connectivity index (χ3v) is 3.39. The smallest absolute Gasteiger partial charge is 0.335 e. The van der Waals surface area contributed by atoms with Crippen LogP contribution in [-0.4, -0.2) is 27.6 Å². The molecule has 0 aromatic heterocycles. The highest BCUT2D eigenvalue weighted by Crippen LogP contribution is 2.34. The molecule has 0 atom stereocenters. The summed E-state index contributed by atoms with van der Waals surface area (Å²) < 4.78 is 4.98. The molecule has 124 valence electrons. The van der Waals surface area contributed by atoms with Gasteiger partial charge in [-0.15, -0.1) is 0 Å². The van der Waals surface area contributed by atoms with E-state index in [1.165, 1.54) is 19.9 Å². The van der Waals surface area contributed by atoms with Crippen molar-refractivity contribution in [2.45, 2.75) is 19.4 Å². The van der Waals surface area contributed by atoms with Gasteiger partial charge in [-0.1, -0.05) is 30.8 Å². The monoisotopic (exact) mass is 326 g/mol. The van der Waals surface area contributed by atoms with E-state index in [1.54, 1.807) is 36.4 Å². The molecule has 0 aliphatic carbocycles. The first-order chi connectivity index (χ1) is 11.2. The molecule has 0 aliphatic rings. The van der Waals surface area contributed by atoms with Crippen LogP contribution in [0.15, 0.2) is 55.1 Å². The summed E-state index contributed by atoms with van der Waals surface area (Å²) in [5.41, 5.74) is -0.469. The topological polar surface area (TPSA) is 83.8 Å². The van der Waals surface area contributed by atoms with Crippen molar-refractivity contribution < 1.29 is 24.5 Å². The second-order valence-electron chi connectivity index (χ2n) is 5.74. The fourth-order valence-corrected chi connectivity index (χ4v) is 2.15. The van der Waals surface area contributed by atoms with Crippen LogP contribution >= 0.6 is 0 Å². The third kappa shape index (κ3) is 3.70. The minimum Gasteiger partial charge on any atom is -0.507 e. The second kappa shape index (κ2) is 6.68. The molecule has 0 radical (unpaired) electrons. The maximum absolute atomic E-state index is 12.2. The molecule has 0 spiro atoms. The lowest BCUT2D eigenvalue weighted by molar-refractivity contribution is -0.128. The number of ether oxygens (including phenoxy) is 1. The van der Waals surface area contributed by atoms with Crippen LogP contribution in [0, 0.1) is 0 Å². The Morgan fingerprint density at radius 3 is 2.29 bits per heavy atom. The van der Waals surface area contributed by atoms with Crippen molar-refractivity contribution in [1.29, 1.82) is 0 Å². The van der Waals surface area contributed by atoms with Gasteiger partial charge in [-0.2, -0.15) is 0 Å². The van der Waals surface area contributed by atoms with E-state index in [1.807, 2.05) is 0 Å².